The van der Waals surface area contributed by atoms with Gasteiger partial charge in [0.15, 0.2) is 0 Å². The third kappa shape index (κ3) is 4.61. The lowest BCUT2D eigenvalue weighted by molar-refractivity contribution is -0.139. The number of fused-ring (bicyclic) bond motifs is 2. The molecule has 0 bridgehead atoms. The maximum atomic E-state index is 14.1. The molecule has 0 saturated heterocycles. The normalized spacial score (nSPS) is 15.2. The molecule has 0 unspecified atom stereocenters. The first kappa shape index (κ1) is 20.8. The lowest BCUT2D eigenvalue weighted by atomic mass is 10.1. The van der Waals surface area contributed by atoms with E-state index in [-0.39, 0.29) is 13.2 Å². The van der Waals surface area contributed by atoms with Crippen LogP contribution in [-0.4, -0.2) is 11.0 Å². The van der Waals surface area contributed by atoms with Crippen LogP contribution in [0.25, 0.3) is 17.0 Å². The van der Waals surface area contributed by atoms with Crippen molar-refractivity contribution in [3.8, 4) is 5.75 Å². The first-order valence-corrected chi connectivity index (χ1v) is 10.5. The van der Waals surface area contributed by atoms with Gasteiger partial charge in [-0.25, -0.2) is 9.18 Å². The number of carbonyl (C=O) groups excluding carboxylic acids is 1. The van der Waals surface area contributed by atoms with Crippen LogP contribution in [0, 0.1) is 5.82 Å². The van der Waals surface area contributed by atoms with E-state index in [1.807, 2.05) is 60.7 Å². The number of pyridine rings is 1. The molecule has 1 atom stereocenters. The Bertz CT molecular complexity index is 1330. The van der Waals surface area contributed by atoms with E-state index in [2.05, 4.69) is 4.98 Å². The number of hydrogen-bond donors (Lipinski definition) is 0. The predicted molar refractivity (Wildman–Crippen MR) is 122 cm³/mol. The maximum absolute atomic E-state index is 14.1. The summed E-state index contributed by atoms with van der Waals surface area (Å²) < 4.78 is 31.3. The number of hydrogen-bond acceptors (Lipinski definition) is 5. The van der Waals surface area contributed by atoms with Crippen LogP contribution in [0.4, 0.5) is 4.39 Å². The summed E-state index contributed by atoms with van der Waals surface area (Å²) in [6, 6.07) is 21.7. The smallest absolute Gasteiger partial charge is 0.331 e. The van der Waals surface area contributed by atoms with Crippen LogP contribution in [0.2, 0.25) is 0 Å². The summed E-state index contributed by atoms with van der Waals surface area (Å²) in [5.74, 6) is -0.512. The van der Waals surface area contributed by atoms with Crippen molar-refractivity contribution < 1.29 is 23.4 Å². The number of halogens is 1. The van der Waals surface area contributed by atoms with Crippen molar-refractivity contribution >= 4 is 22.9 Å². The molecule has 1 aliphatic rings. The number of para-hydroxylation sites is 1. The van der Waals surface area contributed by atoms with Gasteiger partial charge < -0.3 is 14.2 Å². The average Bonchev–Trinajstić information content (AvgIpc) is 2.86. The number of nitrogens with zero attached hydrogens (tertiary/aromatic N) is 1. The third-order valence-electron chi connectivity index (χ3n) is 5.33. The van der Waals surface area contributed by atoms with Crippen LogP contribution in [0.3, 0.4) is 0 Å². The first-order valence-electron chi connectivity index (χ1n) is 10.5. The third-order valence-corrected chi connectivity index (χ3v) is 5.33. The lowest BCUT2D eigenvalue weighted by Gasteiger charge is -2.28. The molecule has 0 N–H and O–H groups in total. The molecule has 2 heterocycles. The summed E-state index contributed by atoms with van der Waals surface area (Å²) in [5, 5.41) is 0.978. The molecule has 0 aliphatic carbocycles. The number of rotatable bonds is 5. The van der Waals surface area contributed by atoms with Crippen molar-refractivity contribution in [2.75, 3.05) is 0 Å². The second kappa shape index (κ2) is 9.22. The van der Waals surface area contributed by atoms with Crippen LogP contribution < -0.4 is 4.74 Å². The van der Waals surface area contributed by atoms with Crippen LogP contribution in [-0.2, 0) is 27.5 Å². The minimum atomic E-state index is -0.614. The molecule has 4 aromatic rings. The highest BCUT2D eigenvalue weighted by Crippen LogP contribution is 2.36. The van der Waals surface area contributed by atoms with E-state index >= 15 is 0 Å². The zero-order chi connectivity index (χ0) is 22.6. The van der Waals surface area contributed by atoms with Gasteiger partial charge in [0.05, 0.1) is 12.1 Å². The van der Waals surface area contributed by atoms with E-state index < -0.39 is 18.1 Å². The number of benzene rings is 3. The summed E-state index contributed by atoms with van der Waals surface area (Å²) >= 11 is 0. The maximum Gasteiger partial charge on any atom is 0.331 e. The van der Waals surface area contributed by atoms with Gasteiger partial charge in [-0.2, -0.15) is 0 Å². The van der Waals surface area contributed by atoms with Gasteiger partial charge in [-0.05, 0) is 24.3 Å². The second-order valence-electron chi connectivity index (χ2n) is 7.59. The van der Waals surface area contributed by atoms with Crippen molar-refractivity contribution in [2.45, 2.75) is 19.5 Å². The number of carbonyl (C=O) groups is 1. The van der Waals surface area contributed by atoms with Crippen molar-refractivity contribution in [2.24, 2.45) is 0 Å². The minimum Gasteiger partial charge on any atom is -0.460 e. The molecule has 0 amide bonds. The van der Waals surface area contributed by atoms with Crippen molar-refractivity contribution in [1.29, 1.82) is 0 Å². The Morgan fingerprint density at radius 1 is 1.09 bits per heavy atom. The van der Waals surface area contributed by atoms with Gasteiger partial charge in [-0.15, -0.1) is 0 Å². The molecule has 5 rings (SSSR count). The molecular formula is C27H20FNO4. The topological polar surface area (TPSA) is 57.7 Å². The molecule has 6 heteroatoms. The van der Waals surface area contributed by atoms with Crippen LogP contribution in [0.1, 0.15) is 28.5 Å². The van der Waals surface area contributed by atoms with E-state index in [0.29, 0.717) is 16.9 Å². The fourth-order valence-corrected chi connectivity index (χ4v) is 3.78. The van der Waals surface area contributed by atoms with Gasteiger partial charge in [-0.1, -0.05) is 54.6 Å². The van der Waals surface area contributed by atoms with E-state index in [9.17, 15) is 9.18 Å². The zero-order valence-electron chi connectivity index (χ0n) is 17.6. The minimum absolute atomic E-state index is 0.126. The molecule has 0 spiro atoms. The molecule has 164 valence electrons. The molecule has 0 fully saturated rings. The van der Waals surface area contributed by atoms with E-state index in [1.54, 1.807) is 12.3 Å². The van der Waals surface area contributed by atoms with Crippen LogP contribution in [0.15, 0.2) is 85.1 Å². The molecule has 5 nitrogen and oxygen atoms in total. The standard InChI is InChI=1S/C27H20FNO4/c28-23-14-21(26-22(15-23)17-32-27(33-26)20-6-2-1-3-7-20)16-31-24(30)12-11-19-9-4-8-18-10-5-13-29-25(18)19/h1-15,27H,16-17H2/b12-11+/t27-/m0/s1. The van der Waals surface area contributed by atoms with Crippen molar-refractivity contribution in [1.82, 2.24) is 4.98 Å². The number of ether oxygens (including phenoxy) is 3. The summed E-state index contributed by atoms with van der Waals surface area (Å²) in [4.78, 5) is 16.7. The van der Waals surface area contributed by atoms with Gasteiger partial charge in [0.2, 0.25) is 6.29 Å². The van der Waals surface area contributed by atoms with Crippen LogP contribution >= 0.6 is 0 Å². The highest BCUT2D eigenvalue weighted by molar-refractivity contribution is 5.92. The number of aromatic nitrogens is 1. The first-order chi connectivity index (χ1) is 16.2. The predicted octanol–water partition coefficient (Wildman–Crippen LogP) is 5.74. The largest absolute Gasteiger partial charge is 0.460 e. The average molecular weight is 441 g/mol. The highest BCUT2D eigenvalue weighted by atomic mass is 19.1. The summed E-state index contributed by atoms with van der Waals surface area (Å²) in [5.41, 5.74) is 3.47. The SMILES string of the molecule is O=C(/C=C/c1cccc2cccnc12)OCc1cc(F)cc2c1O[C@@H](c1ccccc1)OC2. The van der Waals surface area contributed by atoms with Gasteiger partial charge in [0, 0.05) is 39.9 Å². The Hall–Kier alpha value is -4.03. The fraction of sp³-hybridized carbons (Fsp3) is 0.111. The van der Waals surface area contributed by atoms with E-state index in [1.165, 1.54) is 18.2 Å². The molecule has 3 aromatic carbocycles. The monoisotopic (exact) mass is 441 g/mol. The highest BCUT2D eigenvalue weighted by Gasteiger charge is 2.25. The Morgan fingerprint density at radius 3 is 2.82 bits per heavy atom. The van der Waals surface area contributed by atoms with E-state index in [4.69, 9.17) is 14.2 Å². The lowest BCUT2D eigenvalue weighted by Crippen LogP contribution is -2.19. The molecule has 1 aliphatic heterocycles. The molecule has 1 aromatic heterocycles. The zero-order valence-corrected chi connectivity index (χ0v) is 17.6. The molecule has 33 heavy (non-hydrogen) atoms. The van der Waals surface area contributed by atoms with Crippen LogP contribution in [0.5, 0.6) is 5.75 Å². The molecular weight excluding hydrogens is 421 g/mol. The Labute approximate surface area is 190 Å². The molecule has 0 saturated carbocycles. The fourth-order valence-electron chi connectivity index (χ4n) is 3.78. The quantitative estimate of drug-likeness (QED) is 0.292. The van der Waals surface area contributed by atoms with Gasteiger partial charge in [0.25, 0.3) is 0 Å². The second-order valence-corrected chi connectivity index (χ2v) is 7.59. The van der Waals surface area contributed by atoms with Gasteiger partial charge >= 0.3 is 5.97 Å². The van der Waals surface area contributed by atoms with Crippen molar-refractivity contribution in [3.05, 3.63) is 113 Å². The van der Waals surface area contributed by atoms with E-state index in [0.717, 1.165) is 22.0 Å². The molecule has 0 radical (unpaired) electrons. The van der Waals surface area contributed by atoms with Gasteiger partial charge in [0.1, 0.15) is 18.2 Å². The Balaban J connectivity index is 1.31. The summed E-state index contributed by atoms with van der Waals surface area (Å²) in [7, 11) is 0. The van der Waals surface area contributed by atoms with Gasteiger partial charge in [-0.3, -0.25) is 4.98 Å². The number of esters is 1. The Morgan fingerprint density at radius 2 is 1.94 bits per heavy atom. The summed E-state index contributed by atoms with van der Waals surface area (Å²) in [6.45, 7) is 0.0696. The Kier molecular flexibility index (Phi) is 5.83. The van der Waals surface area contributed by atoms with Crippen molar-refractivity contribution in [3.63, 3.8) is 0 Å². The summed E-state index contributed by atoms with van der Waals surface area (Å²) in [6.07, 6.45) is 4.09.